The lowest BCUT2D eigenvalue weighted by Gasteiger charge is -1.89. The molecule has 2 aromatic rings. The maximum absolute atomic E-state index is 5.09. The van der Waals surface area contributed by atoms with Gasteiger partial charge in [-0.3, -0.25) is 0 Å². The molecular formula is C7H5N3O. The van der Waals surface area contributed by atoms with E-state index >= 15 is 0 Å². The maximum Gasteiger partial charge on any atom is 0.154 e. The van der Waals surface area contributed by atoms with Crippen molar-refractivity contribution in [2.45, 2.75) is 0 Å². The van der Waals surface area contributed by atoms with E-state index in [1.54, 1.807) is 24.6 Å². The van der Waals surface area contributed by atoms with Gasteiger partial charge in [0.15, 0.2) is 5.76 Å². The largest absolute Gasteiger partial charge is 0.463 e. The Labute approximate surface area is 62.9 Å². The molecule has 4 heteroatoms. The lowest BCUT2D eigenvalue weighted by Crippen LogP contribution is -1.86. The number of hydrogen-bond acceptors (Lipinski definition) is 4. The smallest absolute Gasteiger partial charge is 0.154 e. The number of aromatic nitrogens is 3. The van der Waals surface area contributed by atoms with Gasteiger partial charge in [-0.1, -0.05) is 0 Å². The number of hydrogen-bond donors (Lipinski definition) is 0. The van der Waals surface area contributed by atoms with E-state index in [0.29, 0.717) is 11.5 Å². The Morgan fingerprint density at radius 1 is 1.27 bits per heavy atom. The minimum atomic E-state index is 0.699. The first kappa shape index (κ1) is 6.03. The van der Waals surface area contributed by atoms with Crippen molar-refractivity contribution in [1.82, 2.24) is 15.4 Å². The molecule has 0 fully saturated rings. The van der Waals surface area contributed by atoms with Crippen LogP contribution in [0.1, 0.15) is 0 Å². The average molecular weight is 147 g/mol. The fraction of sp³-hybridized carbons (Fsp3) is 0. The summed E-state index contributed by atoms with van der Waals surface area (Å²) in [5, 5.41) is 10.8. The molecule has 0 aliphatic rings. The maximum atomic E-state index is 5.09. The van der Waals surface area contributed by atoms with Crippen LogP contribution in [0.3, 0.4) is 0 Å². The molecule has 2 heterocycles. The molecule has 0 saturated carbocycles. The normalized spacial score (nSPS) is 9.82. The topological polar surface area (TPSA) is 51.8 Å². The van der Waals surface area contributed by atoms with Crippen molar-refractivity contribution in [2.24, 2.45) is 0 Å². The zero-order valence-corrected chi connectivity index (χ0v) is 5.64. The van der Waals surface area contributed by atoms with Crippen LogP contribution in [0.25, 0.3) is 11.5 Å². The van der Waals surface area contributed by atoms with Crippen LogP contribution in [0.2, 0.25) is 0 Å². The van der Waals surface area contributed by atoms with Gasteiger partial charge in [0.2, 0.25) is 0 Å². The first-order valence-electron chi connectivity index (χ1n) is 3.15. The summed E-state index contributed by atoms with van der Waals surface area (Å²) in [6.45, 7) is 0. The minimum absolute atomic E-state index is 0.699. The molecule has 11 heavy (non-hydrogen) atoms. The first-order chi connectivity index (χ1) is 5.47. The predicted molar refractivity (Wildman–Crippen MR) is 37.5 cm³/mol. The second-order valence-electron chi connectivity index (χ2n) is 1.98. The molecule has 54 valence electrons. The van der Waals surface area contributed by atoms with Crippen LogP contribution in [-0.2, 0) is 0 Å². The van der Waals surface area contributed by atoms with Crippen molar-refractivity contribution >= 4 is 0 Å². The molecule has 0 radical (unpaired) electrons. The highest BCUT2D eigenvalue weighted by atomic mass is 16.3. The predicted octanol–water partition coefficient (Wildman–Crippen LogP) is 1.13. The Balaban J connectivity index is 2.46. The van der Waals surface area contributed by atoms with Crippen LogP contribution in [0.5, 0.6) is 0 Å². The van der Waals surface area contributed by atoms with Gasteiger partial charge in [-0.05, 0) is 23.4 Å². The Kier molecular flexibility index (Phi) is 1.37. The van der Waals surface area contributed by atoms with Crippen LogP contribution < -0.4 is 0 Å². The average Bonchev–Trinajstić information content (AvgIpc) is 2.58. The van der Waals surface area contributed by atoms with Crippen molar-refractivity contribution < 1.29 is 4.42 Å². The highest BCUT2D eigenvalue weighted by Gasteiger charge is 1.99. The van der Waals surface area contributed by atoms with E-state index in [-0.39, 0.29) is 0 Å². The number of nitrogens with zero attached hydrogens (tertiary/aromatic N) is 3. The van der Waals surface area contributed by atoms with Gasteiger partial charge in [0.25, 0.3) is 0 Å². The van der Waals surface area contributed by atoms with E-state index in [2.05, 4.69) is 15.4 Å². The van der Waals surface area contributed by atoms with Gasteiger partial charge in [-0.15, -0.1) is 10.2 Å². The second kappa shape index (κ2) is 2.49. The molecule has 4 nitrogen and oxygen atoms in total. The van der Waals surface area contributed by atoms with Crippen molar-refractivity contribution in [3.8, 4) is 11.5 Å². The van der Waals surface area contributed by atoms with E-state index in [9.17, 15) is 0 Å². The van der Waals surface area contributed by atoms with Crippen LogP contribution in [0.15, 0.2) is 35.1 Å². The molecule has 0 unspecified atom stereocenters. The zero-order chi connectivity index (χ0) is 7.52. The monoisotopic (exact) mass is 147 g/mol. The van der Waals surface area contributed by atoms with Crippen LogP contribution in [-0.4, -0.2) is 15.4 Å². The summed E-state index contributed by atoms with van der Waals surface area (Å²) >= 11 is 0. The van der Waals surface area contributed by atoms with Crippen LogP contribution >= 0.6 is 0 Å². The van der Waals surface area contributed by atoms with Crippen molar-refractivity contribution in [3.63, 3.8) is 0 Å². The van der Waals surface area contributed by atoms with Gasteiger partial charge in [0.1, 0.15) is 5.69 Å². The van der Waals surface area contributed by atoms with Gasteiger partial charge in [-0.2, -0.15) is 0 Å². The fourth-order valence-electron chi connectivity index (χ4n) is 0.797. The van der Waals surface area contributed by atoms with E-state index in [4.69, 9.17) is 4.42 Å². The summed E-state index contributed by atoms with van der Waals surface area (Å²) < 4.78 is 5.09. The fourth-order valence-corrected chi connectivity index (χ4v) is 0.797. The molecule has 0 aliphatic carbocycles. The van der Waals surface area contributed by atoms with E-state index in [1.165, 1.54) is 0 Å². The van der Waals surface area contributed by atoms with E-state index < -0.39 is 0 Å². The Hall–Kier alpha value is -1.71. The van der Waals surface area contributed by atoms with Gasteiger partial charge >= 0.3 is 0 Å². The quantitative estimate of drug-likeness (QED) is 0.606. The first-order valence-corrected chi connectivity index (χ1v) is 3.15. The summed E-state index contributed by atoms with van der Waals surface area (Å²) in [4.78, 5) is 0. The third-order valence-corrected chi connectivity index (χ3v) is 1.28. The molecule has 0 aromatic carbocycles. The minimum Gasteiger partial charge on any atom is -0.463 e. The Morgan fingerprint density at radius 2 is 2.27 bits per heavy atom. The summed E-state index contributed by atoms with van der Waals surface area (Å²) in [6, 6.07) is 5.37. The van der Waals surface area contributed by atoms with Crippen molar-refractivity contribution in [1.29, 1.82) is 0 Å². The Morgan fingerprint density at radius 3 is 2.91 bits per heavy atom. The SMILES string of the molecule is c1coc(-c2ccnnn2)c1. The molecule has 2 rings (SSSR count). The zero-order valence-electron chi connectivity index (χ0n) is 5.64. The lowest BCUT2D eigenvalue weighted by atomic mass is 10.3. The van der Waals surface area contributed by atoms with Crippen LogP contribution in [0, 0.1) is 0 Å². The molecular weight excluding hydrogens is 142 g/mol. The summed E-state index contributed by atoms with van der Waals surface area (Å²) in [5.41, 5.74) is 0.699. The van der Waals surface area contributed by atoms with E-state index in [1.807, 2.05) is 6.07 Å². The summed E-state index contributed by atoms with van der Waals surface area (Å²) in [6.07, 6.45) is 3.17. The Bertz CT molecular complexity index is 317. The lowest BCUT2D eigenvalue weighted by molar-refractivity contribution is 0.577. The molecule has 0 atom stereocenters. The molecule has 0 N–H and O–H groups in total. The molecule has 0 spiro atoms. The second-order valence-corrected chi connectivity index (χ2v) is 1.98. The molecule has 0 bridgehead atoms. The number of furan rings is 1. The molecule has 0 saturated heterocycles. The molecule has 2 aromatic heterocycles. The van der Waals surface area contributed by atoms with Gasteiger partial charge < -0.3 is 4.42 Å². The summed E-state index contributed by atoms with van der Waals surface area (Å²) in [5.74, 6) is 0.708. The third-order valence-electron chi connectivity index (χ3n) is 1.28. The van der Waals surface area contributed by atoms with Crippen molar-refractivity contribution in [2.75, 3.05) is 0 Å². The highest BCUT2D eigenvalue weighted by Crippen LogP contribution is 2.14. The highest BCUT2D eigenvalue weighted by molar-refractivity contribution is 5.49. The number of rotatable bonds is 1. The summed E-state index contributed by atoms with van der Waals surface area (Å²) in [7, 11) is 0. The third kappa shape index (κ3) is 1.10. The molecule has 0 aliphatic heterocycles. The van der Waals surface area contributed by atoms with Crippen molar-refractivity contribution in [3.05, 3.63) is 30.7 Å². The van der Waals surface area contributed by atoms with Gasteiger partial charge in [0.05, 0.1) is 12.5 Å². The van der Waals surface area contributed by atoms with Crippen LogP contribution in [0.4, 0.5) is 0 Å². The van der Waals surface area contributed by atoms with E-state index in [0.717, 1.165) is 0 Å². The van der Waals surface area contributed by atoms with Gasteiger partial charge in [-0.25, -0.2) is 0 Å². The molecule has 0 amide bonds. The standard InChI is InChI=1S/C7H5N3O/c1-2-7(11-5-1)6-3-4-8-10-9-6/h1-5H. The van der Waals surface area contributed by atoms with Gasteiger partial charge in [0, 0.05) is 0 Å².